The van der Waals surface area contributed by atoms with Gasteiger partial charge in [0, 0.05) is 24.8 Å². The van der Waals surface area contributed by atoms with Gasteiger partial charge in [-0.1, -0.05) is 6.42 Å². The van der Waals surface area contributed by atoms with Crippen molar-refractivity contribution in [2.24, 2.45) is 5.92 Å². The highest BCUT2D eigenvalue weighted by Gasteiger charge is 2.26. The van der Waals surface area contributed by atoms with Crippen molar-refractivity contribution in [1.29, 1.82) is 0 Å². The summed E-state index contributed by atoms with van der Waals surface area (Å²) in [6.45, 7) is 0.466. The molecule has 0 bridgehead atoms. The average Bonchev–Trinajstić information content (AvgIpc) is 2.77. The van der Waals surface area contributed by atoms with E-state index in [2.05, 4.69) is 5.32 Å². The summed E-state index contributed by atoms with van der Waals surface area (Å²) in [7, 11) is 0. The Morgan fingerprint density at radius 1 is 1.29 bits per heavy atom. The molecule has 1 aliphatic carbocycles. The Bertz CT molecular complexity index is 384. The third kappa shape index (κ3) is 3.01. The fourth-order valence-electron chi connectivity index (χ4n) is 2.44. The first kappa shape index (κ1) is 12.5. The molecule has 1 aromatic rings. The van der Waals surface area contributed by atoms with Crippen molar-refractivity contribution in [3.63, 3.8) is 0 Å². The van der Waals surface area contributed by atoms with Gasteiger partial charge in [-0.05, 0) is 37.0 Å². The van der Waals surface area contributed by atoms with Crippen molar-refractivity contribution in [3.05, 3.63) is 35.4 Å². The molecular weight excluding hydrogens is 224 g/mol. The van der Waals surface area contributed by atoms with Crippen LogP contribution < -0.4 is 5.32 Å². The summed E-state index contributed by atoms with van der Waals surface area (Å²) in [6.07, 6.45) is 3.07. The molecule has 2 nitrogen and oxygen atoms in total. The maximum atomic E-state index is 13.4. The van der Waals surface area contributed by atoms with Gasteiger partial charge >= 0.3 is 0 Å². The predicted octanol–water partition coefficient (Wildman–Crippen LogP) is 2.22. The van der Waals surface area contributed by atoms with E-state index in [9.17, 15) is 8.78 Å². The molecule has 0 amide bonds. The van der Waals surface area contributed by atoms with Crippen LogP contribution in [0.15, 0.2) is 18.2 Å². The molecular formula is C13H17F2NO. The predicted molar refractivity (Wildman–Crippen MR) is 61.4 cm³/mol. The van der Waals surface area contributed by atoms with Gasteiger partial charge in [-0.2, -0.15) is 0 Å². The van der Waals surface area contributed by atoms with Crippen molar-refractivity contribution in [2.45, 2.75) is 31.8 Å². The molecule has 17 heavy (non-hydrogen) atoms. The minimum Gasteiger partial charge on any atom is -0.396 e. The van der Waals surface area contributed by atoms with Gasteiger partial charge in [-0.15, -0.1) is 0 Å². The first-order chi connectivity index (χ1) is 8.20. The smallest absolute Gasteiger partial charge is 0.127 e. The quantitative estimate of drug-likeness (QED) is 0.847. The molecule has 2 rings (SSSR count). The van der Waals surface area contributed by atoms with Crippen LogP contribution in [0, 0.1) is 17.6 Å². The summed E-state index contributed by atoms with van der Waals surface area (Å²) in [5.41, 5.74) is 0.341. The number of aliphatic hydroxyl groups excluding tert-OH is 1. The zero-order valence-corrected chi connectivity index (χ0v) is 9.63. The van der Waals surface area contributed by atoms with Gasteiger partial charge in [-0.25, -0.2) is 8.78 Å². The monoisotopic (exact) mass is 241 g/mol. The highest BCUT2D eigenvalue weighted by atomic mass is 19.1. The Balaban J connectivity index is 1.95. The van der Waals surface area contributed by atoms with Crippen molar-refractivity contribution >= 4 is 0 Å². The molecule has 0 heterocycles. The summed E-state index contributed by atoms with van der Waals surface area (Å²) < 4.78 is 26.3. The van der Waals surface area contributed by atoms with Crippen molar-refractivity contribution < 1.29 is 13.9 Å². The van der Waals surface area contributed by atoms with Gasteiger partial charge < -0.3 is 10.4 Å². The third-order valence-electron chi connectivity index (χ3n) is 3.46. The third-order valence-corrected chi connectivity index (χ3v) is 3.46. The molecule has 1 aromatic carbocycles. The van der Waals surface area contributed by atoms with E-state index >= 15 is 0 Å². The van der Waals surface area contributed by atoms with E-state index in [4.69, 9.17) is 5.11 Å². The lowest BCUT2D eigenvalue weighted by Gasteiger charge is -2.19. The number of aliphatic hydroxyl groups is 1. The minimum absolute atomic E-state index is 0.156. The van der Waals surface area contributed by atoms with Crippen LogP contribution in [0.2, 0.25) is 0 Å². The summed E-state index contributed by atoms with van der Waals surface area (Å²) in [4.78, 5) is 0. The Kier molecular flexibility index (Phi) is 4.07. The molecule has 2 unspecified atom stereocenters. The van der Waals surface area contributed by atoms with E-state index in [1.165, 1.54) is 6.07 Å². The molecule has 0 saturated heterocycles. The molecule has 1 fully saturated rings. The summed E-state index contributed by atoms with van der Waals surface area (Å²) in [6, 6.07) is 3.68. The number of nitrogens with one attached hydrogen (secondary N) is 1. The molecule has 1 saturated carbocycles. The normalized spacial score (nSPS) is 24.2. The van der Waals surface area contributed by atoms with E-state index < -0.39 is 11.6 Å². The SMILES string of the molecule is OCC1CCCC1NCc1cc(F)ccc1F. The fraction of sp³-hybridized carbons (Fsp3) is 0.538. The second-order valence-electron chi connectivity index (χ2n) is 4.60. The van der Waals surface area contributed by atoms with E-state index in [-0.39, 0.29) is 18.6 Å². The van der Waals surface area contributed by atoms with Gasteiger partial charge in [0.05, 0.1) is 0 Å². The number of rotatable bonds is 4. The second kappa shape index (κ2) is 5.56. The van der Waals surface area contributed by atoms with E-state index in [0.717, 1.165) is 31.4 Å². The Morgan fingerprint density at radius 3 is 2.88 bits per heavy atom. The van der Waals surface area contributed by atoms with Gasteiger partial charge in [-0.3, -0.25) is 0 Å². The van der Waals surface area contributed by atoms with Crippen LogP contribution in [0.5, 0.6) is 0 Å². The zero-order valence-electron chi connectivity index (χ0n) is 9.63. The van der Waals surface area contributed by atoms with Crippen molar-refractivity contribution in [1.82, 2.24) is 5.32 Å². The topological polar surface area (TPSA) is 32.3 Å². The molecule has 0 aromatic heterocycles. The molecule has 0 radical (unpaired) electrons. The molecule has 2 N–H and O–H groups in total. The van der Waals surface area contributed by atoms with Crippen LogP contribution in [0.4, 0.5) is 8.78 Å². The zero-order chi connectivity index (χ0) is 12.3. The van der Waals surface area contributed by atoms with E-state index in [0.29, 0.717) is 12.1 Å². The van der Waals surface area contributed by atoms with Crippen LogP contribution >= 0.6 is 0 Å². The maximum absolute atomic E-state index is 13.4. The lowest BCUT2D eigenvalue weighted by Crippen LogP contribution is -2.33. The second-order valence-corrected chi connectivity index (χ2v) is 4.60. The summed E-state index contributed by atoms with van der Waals surface area (Å²) in [5.74, 6) is -0.572. The maximum Gasteiger partial charge on any atom is 0.127 e. The largest absolute Gasteiger partial charge is 0.396 e. The first-order valence-corrected chi connectivity index (χ1v) is 5.99. The number of halogens is 2. The minimum atomic E-state index is -0.423. The van der Waals surface area contributed by atoms with Gasteiger partial charge in [0.15, 0.2) is 0 Å². The van der Waals surface area contributed by atoms with Crippen LogP contribution in [-0.2, 0) is 6.54 Å². The molecule has 1 aliphatic rings. The van der Waals surface area contributed by atoms with E-state index in [1.54, 1.807) is 0 Å². The average molecular weight is 241 g/mol. The molecule has 2 atom stereocenters. The first-order valence-electron chi connectivity index (χ1n) is 5.99. The Labute approximate surface area is 99.7 Å². The fourth-order valence-corrected chi connectivity index (χ4v) is 2.44. The number of hydrogen-bond acceptors (Lipinski definition) is 2. The lowest BCUT2D eigenvalue weighted by molar-refractivity contribution is 0.205. The van der Waals surface area contributed by atoms with Crippen LogP contribution in [0.1, 0.15) is 24.8 Å². The van der Waals surface area contributed by atoms with Crippen molar-refractivity contribution in [2.75, 3.05) is 6.61 Å². The standard InChI is InChI=1S/C13H17F2NO/c14-11-4-5-12(15)10(6-11)7-16-13-3-1-2-9(13)8-17/h4-6,9,13,16-17H,1-3,7-8H2. The van der Waals surface area contributed by atoms with Crippen LogP contribution in [-0.4, -0.2) is 17.8 Å². The van der Waals surface area contributed by atoms with Gasteiger partial charge in [0.25, 0.3) is 0 Å². The highest BCUT2D eigenvalue weighted by Crippen LogP contribution is 2.25. The molecule has 0 aliphatic heterocycles. The van der Waals surface area contributed by atoms with E-state index in [1.807, 2.05) is 0 Å². The van der Waals surface area contributed by atoms with Crippen molar-refractivity contribution in [3.8, 4) is 0 Å². The van der Waals surface area contributed by atoms with Gasteiger partial charge in [0.2, 0.25) is 0 Å². The number of benzene rings is 1. The Hall–Kier alpha value is -1.00. The van der Waals surface area contributed by atoms with Crippen LogP contribution in [0.3, 0.4) is 0 Å². The number of hydrogen-bond donors (Lipinski definition) is 2. The highest BCUT2D eigenvalue weighted by molar-refractivity contribution is 5.18. The summed E-state index contributed by atoms with van der Waals surface area (Å²) in [5, 5.41) is 12.4. The molecule has 4 heteroatoms. The Morgan fingerprint density at radius 2 is 2.12 bits per heavy atom. The molecule has 0 spiro atoms. The summed E-state index contributed by atoms with van der Waals surface area (Å²) >= 11 is 0. The van der Waals surface area contributed by atoms with Gasteiger partial charge in [0.1, 0.15) is 11.6 Å². The molecule has 94 valence electrons. The lowest BCUT2D eigenvalue weighted by atomic mass is 10.0. The van der Waals surface area contributed by atoms with Crippen LogP contribution in [0.25, 0.3) is 0 Å².